The Labute approximate surface area is 182 Å². The number of amides is 2. The van der Waals surface area contributed by atoms with Crippen molar-refractivity contribution in [2.24, 2.45) is 0 Å². The van der Waals surface area contributed by atoms with Crippen LogP contribution in [-0.4, -0.2) is 75.0 Å². The normalized spacial score (nSPS) is 13.9. The molecule has 166 valence electrons. The molecule has 0 aromatic heterocycles. The van der Waals surface area contributed by atoms with Gasteiger partial charge in [-0.3, -0.25) is 14.5 Å². The van der Waals surface area contributed by atoms with Crippen LogP contribution in [0.3, 0.4) is 0 Å². The molecule has 0 saturated carbocycles. The number of piperazine rings is 1. The molecule has 2 aromatic rings. The summed E-state index contributed by atoms with van der Waals surface area (Å²) in [7, 11) is 3.40. The molecule has 0 spiro atoms. The summed E-state index contributed by atoms with van der Waals surface area (Å²) in [6, 6.07) is 13.6. The minimum atomic E-state index is -0.251. The summed E-state index contributed by atoms with van der Waals surface area (Å²) >= 11 is 0. The fraction of sp³-hybridized carbons (Fsp3) is 0.391. The molecule has 1 heterocycles. The lowest BCUT2D eigenvalue weighted by molar-refractivity contribution is -0.132. The largest absolute Gasteiger partial charge is 0.497 e. The Hall–Kier alpha value is -3.13. The first-order valence-electron chi connectivity index (χ1n) is 10.4. The zero-order chi connectivity index (χ0) is 22.2. The first kappa shape index (κ1) is 22.6. The average Bonchev–Trinajstić information content (AvgIpc) is 2.78. The maximum absolute atomic E-state index is 13.1. The summed E-state index contributed by atoms with van der Waals surface area (Å²) < 4.78 is 18.2. The minimum Gasteiger partial charge on any atom is -0.497 e. The molecule has 0 bridgehead atoms. The number of ether oxygens (including phenoxy) is 1. The summed E-state index contributed by atoms with van der Waals surface area (Å²) in [6.07, 6.45) is 0.361. The third-order valence-corrected chi connectivity index (χ3v) is 5.30. The van der Waals surface area contributed by atoms with Crippen molar-refractivity contribution in [3.63, 3.8) is 0 Å². The van der Waals surface area contributed by atoms with Crippen molar-refractivity contribution < 1.29 is 18.7 Å². The molecule has 8 heteroatoms. The fourth-order valence-electron chi connectivity index (χ4n) is 3.54. The lowest BCUT2D eigenvalue weighted by Gasteiger charge is -2.36. The highest BCUT2D eigenvalue weighted by atomic mass is 19.1. The second-order valence-corrected chi connectivity index (χ2v) is 7.61. The van der Waals surface area contributed by atoms with E-state index in [4.69, 9.17) is 4.74 Å². The predicted molar refractivity (Wildman–Crippen MR) is 119 cm³/mol. The summed E-state index contributed by atoms with van der Waals surface area (Å²) in [5.74, 6) is 0.366. The van der Waals surface area contributed by atoms with Gasteiger partial charge in [0.1, 0.15) is 11.6 Å². The van der Waals surface area contributed by atoms with E-state index in [1.54, 1.807) is 31.4 Å². The molecule has 1 aliphatic rings. The van der Waals surface area contributed by atoms with E-state index in [9.17, 15) is 14.0 Å². The summed E-state index contributed by atoms with van der Waals surface area (Å²) in [5, 5.41) is 2.84. The third kappa shape index (κ3) is 6.68. The quantitative estimate of drug-likeness (QED) is 0.700. The maximum Gasteiger partial charge on any atom is 0.238 e. The third-order valence-electron chi connectivity index (χ3n) is 5.30. The molecule has 0 unspecified atom stereocenters. The van der Waals surface area contributed by atoms with Crippen LogP contribution in [-0.2, 0) is 9.59 Å². The number of benzene rings is 2. The van der Waals surface area contributed by atoms with Gasteiger partial charge >= 0.3 is 0 Å². The zero-order valence-electron chi connectivity index (χ0n) is 18.0. The van der Waals surface area contributed by atoms with Gasteiger partial charge in [0.15, 0.2) is 0 Å². The van der Waals surface area contributed by atoms with E-state index in [2.05, 4.69) is 10.2 Å². The number of nitrogens with one attached hydrogen (secondary N) is 1. The Morgan fingerprint density at radius 3 is 2.48 bits per heavy atom. The molecule has 1 fully saturated rings. The van der Waals surface area contributed by atoms with E-state index in [0.717, 1.165) is 18.8 Å². The average molecular weight is 429 g/mol. The van der Waals surface area contributed by atoms with Crippen LogP contribution >= 0.6 is 0 Å². The van der Waals surface area contributed by atoms with Crippen molar-refractivity contribution >= 4 is 23.2 Å². The van der Waals surface area contributed by atoms with Crippen LogP contribution < -0.4 is 15.0 Å². The Kier molecular flexibility index (Phi) is 7.83. The first-order chi connectivity index (χ1) is 14.9. The molecular weight excluding hydrogens is 399 g/mol. The predicted octanol–water partition coefficient (Wildman–Crippen LogP) is 2.44. The SMILES string of the molecule is COc1cccc(NC(=O)CN(C)CCC(=O)N2CCN(c3ccc(F)cc3)CC2)c1. The van der Waals surface area contributed by atoms with Crippen LogP contribution in [0.5, 0.6) is 5.75 Å². The number of nitrogens with zero attached hydrogens (tertiary/aromatic N) is 3. The Balaban J connectivity index is 1.38. The molecule has 0 aliphatic carbocycles. The summed E-state index contributed by atoms with van der Waals surface area (Å²) in [6.45, 7) is 3.41. The van der Waals surface area contributed by atoms with Crippen molar-refractivity contribution in [3.8, 4) is 5.75 Å². The standard InChI is InChI=1S/C23H29FN4O3/c1-26(17-22(29)25-19-4-3-5-21(16-19)31-2)11-10-23(30)28-14-12-27(13-15-28)20-8-6-18(24)7-9-20/h3-9,16H,10-15,17H2,1-2H3,(H,25,29). The number of halogens is 1. The number of hydrogen-bond acceptors (Lipinski definition) is 5. The molecule has 1 saturated heterocycles. The highest BCUT2D eigenvalue weighted by molar-refractivity contribution is 5.92. The van der Waals surface area contributed by atoms with Gasteiger partial charge < -0.3 is 19.9 Å². The minimum absolute atomic E-state index is 0.0822. The molecule has 3 rings (SSSR count). The van der Waals surface area contributed by atoms with Gasteiger partial charge in [-0.2, -0.15) is 0 Å². The second kappa shape index (κ2) is 10.8. The van der Waals surface area contributed by atoms with E-state index >= 15 is 0 Å². The molecule has 31 heavy (non-hydrogen) atoms. The van der Waals surface area contributed by atoms with Gasteiger partial charge in [0, 0.05) is 56.6 Å². The molecule has 2 amide bonds. The van der Waals surface area contributed by atoms with E-state index in [1.165, 1.54) is 12.1 Å². The van der Waals surface area contributed by atoms with Gasteiger partial charge in [0.2, 0.25) is 11.8 Å². The van der Waals surface area contributed by atoms with Crippen molar-refractivity contribution in [2.45, 2.75) is 6.42 Å². The molecule has 1 N–H and O–H groups in total. The number of likely N-dealkylation sites (N-methyl/N-ethyl adjacent to an activating group) is 1. The fourth-order valence-corrected chi connectivity index (χ4v) is 3.54. The van der Waals surface area contributed by atoms with Gasteiger partial charge in [-0.1, -0.05) is 6.07 Å². The topological polar surface area (TPSA) is 65.1 Å². The van der Waals surface area contributed by atoms with E-state index in [1.807, 2.05) is 29.0 Å². The molecule has 1 aliphatic heterocycles. The maximum atomic E-state index is 13.1. The van der Waals surface area contributed by atoms with Crippen LogP contribution in [0.25, 0.3) is 0 Å². The lowest BCUT2D eigenvalue weighted by Crippen LogP contribution is -2.49. The highest BCUT2D eigenvalue weighted by Crippen LogP contribution is 2.18. The second-order valence-electron chi connectivity index (χ2n) is 7.61. The van der Waals surface area contributed by atoms with Crippen molar-refractivity contribution in [3.05, 3.63) is 54.3 Å². The van der Waals surface area contributed by atoms with Crippen LogP contribution in [0.1, 0.15) is 6.42 Å². The van der Waals surface area contributed by atoms with Gasteiger partial charge in [0.05, 0.1) is 13.7 Å². The number of methoxy groups -OCH3 is 1. The van der Waals surface area contributed by atoms with E-state index in [-0.39, 0.29) is 24.2 Å². The number of carbonyl (C=O) groups is 2. The van der Waals surface area contributed by atoms with Crippen molar-refractivity contribution in [1.82, 2.24) is 9.80 Å². The van der Waals surface area contributed by atoms with E-state index < -0.39 is 0 Å². The number of anilines is 2. The smallest absolute Gasteiger partial charge is 0.238 e. The monoisotopic (exact) mass is 428 g/mol. The first-order valence-corrected chi connectivity index (χ1v) is 10.4. The summed E-state index contributed by atoms with van der Waals surface area (Å²) in [5.41, 5.74) is 1.64. The number of carbonyl (C=O) groups excluding carboxylic acids is 2. The number of hydrogen-bond donors (Lipinski definition) is 1. The molecule has 7 nitrogen and oxygen atoms in total. The van der Waals surface area contributed by atoms with Gasteiger partial charge in [-0.25, -0.2) is 4.39 Å². The molecule has 0 radical (unpaired) electrons. The zero-order valence-corrected chi connectivity index (χ0v) is 18.0. The molecule has 0 atom stereocenters. The van der Waals surface area contributed by atoms with Gasteiger partial charge in [0.25, 0.3) is 0 Å². The van der Waals surface area contributed by atoms with Gasteiger partial charge in [-0.15, -0.1) is 0 Å². The number of rotatable bonds is 8. The van der Waals surface area contributed by atoms with Crippen LogP contribution in [0.15, 0.2) is 48.5 Å². The Bertz CT molecular complexity index is 883. The Morgan fingerprint density at radius 1 is 1.10 bits per heavy atom. The van der Waals surface area contributed by atoms with Crippen LogP contribution in [0.4, 0.5) is 15.8 Å². The highest BCUT2D eigenvalue weighted by Gasteiger charge is 2.21. The van der Waals surface area contributed by atoms with Gasteiger partial charge in [-0.05, 0) is 43.4 Å². The van der Waals surface area contributed by atoms with Crippen LogP contribution in [0.2, 0.25) is 0 Å². The summed E-state index contributed by atoms with van der Waals surface area (Å²) in [4.78, 5) is 30.6. The Morgan fingerprint density at radius 2 is 1.81 bits per heavy atom. The van der Waals surface area contributed by atoms with Crippen molar-refractivity contribution in [2.75, 3.05) is 63.6 Å². The lowest BCUT2D eigenvalue weighted by atomic mass is 10.2. The molecular formula is C23H29FN4O3. The molecule has 2 aromatic carbocycles. The van der Waals surface area contributed by atoms with Crippen molar-refractivity contribution in [1.29, 1.82) is 0 Å². The van der Waals surface area contributed by atoms with Crippen LogP contribution in [0, 0.1) is 5.82 Å². The van der Waals surface area contributed by atoms with E-state index in [0.29, 0.717) is 37.5 Å².